The van der Waals surface area contributed by atoms with E-state index in [0.717, 1.165) is 12.8 Å². The number of carboxylic acids is 1. The first-order valence-electron chi connectivity index (χ1n) is 12.0. The van der Waals surface area contributed by atoms with Gasteiger partial charge in [-0.25, -0.2) is 13.2 Å². The number of carbonyl (C=O) groups excluding carboxylic acids is 1. The second kappa shape index (κ2) is 13.5. The lowest BCUT2D eigenvalue weighted by molar-refractivity contribution is -0.153. The van der Waals surface area contributed by atoms with E-state index in [1.54, 1.807) is 18.2 Å². The van der Waals surface area contributed by atoms with E-state index in [1.165, 1.54) is 35.9 Å². The van der Waals surface area contributed by atoms with Crippen molar-refractivity contribution in [3.05, 3.63) is 90.0 Å². The summed E-state index contributed by atoms with van der Waals surface area (Å²) in [6.07, 6.45) is -0.262. The number of rotatable bonds is 14. The van der Waals surface area contributed by atoms with Crippen LogP contribution in [-0.4, -0.2) is 44.3 Å². The highest BCUT2D eigenvalue weighted by Gasteiger charge is 2.26. The molecule has 2 atom stereocenters. The number of aryl methyl sites for hydroxylation is 1. The number of benzene rings is 3. The lowest BCUT2D eigenvalue weighted by Crippen LogP contribution is -2.48. The molecule has 3 aromatic rings. The van der Waals surface area contributed by atoms with Crippen LogP contribution in [0.3, 0.4) is 0 Å². The molecule has 9 nitrogen and oxygen atoms in total. The van der Waals surface area contributed by atoms with E-state index in [2.05, 4.69) is 14.8 Å². The van der Waals surface area contributed by atoms with Crippen LogP contribution >= 0.6 is 0 Å². The second-order valence-electron chi connectivity index (χ2n) is 8.57. The third-order valence-electron chi connectivity index (χ3n) is 5.64. The maximum atomic E-state index is 13.4. The van der Waals surface area contributed by atoms with Crippen molar-refractivity contribution in [2.24, 2.45) is 0 Å². The van der Waals surface area contributed by atoms with Gasteiger partial charge < -0.3 is 20.9 Å². The molecule has 0 fully saturated rings. The number of halogens is 1. The predicted octanol–water partition coefficient (Wildman–Crippen LogP) is 3.06. The van der Waals surface area contributed by atoms with Gasteiger partial charge >= 0.3 is 12.3 Å². The number of hydrogen-bond acceptors (Lipinski definition) is 6. The SMILES string of the molecule is Nc1cc(C[C@H](NS(=O)(=O)c2ccccc2)C(=O)NCCCCc2ccccc2)ccc1OC(F)C(=O)O. The lowest BCUT2D eigenvalue weighted by Gasteiger charge is -2.19. The second-order valence-corrected chi connectivity index (χ2v) is 10.3. The fourth-order valence-corrected chi connectivity index (χ4v) is 4.92. The number of hydrogen-bond donors (Lipinski definition) is 4. The normalized spacial score (nSPS) is 12.9. The largest absolute Gasteiger partial charge is 0.476 e. The fourth-order valence-electron chi connectivity index (χ4n) is 3.71. The first-order chi connectivity index (χ1) is 18.2. The monoisotopic (exact) mass is 543 g/mol. The molecule has 0 radical (unpaired) electrons. The Labute approximate surface area is 220 Å². The first kappa shape index (κ1) is 28.6. The number of alkyl halides is 1. The zero-order valence-corrected chi connectivity index (χ0v) is 21.4. The molecule has 38 heavy (non-hydrogen) atoms. The van der Waals surface area contributed by atoms with Crippen LogP contribution in [0.2, 0.25) is 0 Å². The fraction of sp³-hybridized carbons (Fsp3) is 0.259. The topological polar surface area (TPSA) is 148 Å². The number of carboxylic acid groups (broad SMARTS) is 1. The molecule has 0 saturated carbocycles. The molecule has 1 unspecified atom stereocenters. The molecule has 0 saturated heterocycles. The number of ether oxygens (including phenoxy) is 1. The minimum absolute atomic E-state index is 0.00609. The Balaban J connectivity index is 1.69. The average Bonchev–Trinajstić information content (AvgIpc) is 2.90. The number of nitrogen functional groups attached to an aromatic ring is 1. The van der Waals surface area contributed by atoms with Crippen molar-refractivity contribution in [1.82, 2.24) is 10.0 Å². The molecule has 3 aromatic carbocycles. The quantitative estimate of drug-likeness (QED) is 0.180. The zero-order valence-electron chi connectivity index (χ0n) is 20.5. The molecular formula is C27H30FN3O6S. The predicted molar refractivity (Wildman–Crippen MR) is 141 cm³/mol. The summed E-state index contributed by atoms with van der Waals surface area (Å²) in [4.78, 5) is 23.8. The number of sulfonamides is 1. The van der Waals surface area contributed by atoms with Crippen molar-refractivity contribution in [3.8, 4) is 5.75 Å². The van der Waals surface area contributed by atoms with Crippen LogP contribution in [0.1, 0.15) is 24.0 Å². The van der Waals surface area contributed by atoms with Gasteiger partial charge in [-0.3, -0.25) is 4.79 Å². The smallest absolute Gasteiger partial charge is 0.378 e. The van der Waals surface area contributed by atoms with Crippen molar-refractivity contribution < 1.29 is 32.2 Å². The summed E-state index contributed by atoms with van der Waals surface area (Å²) < 4.78 is 46.4. The van der Waals surface area contributed by atoms with Crippen LogP contribution in [0.25, 0.3) is 0 Å². The molecular weight excluding hydrogens is 513 g/mol. The molecule has 1 amide bonds. The highest BCUT2D eigenvalue weighted by atomic mass is 32.2. The Morgan fingerprint density at radius 1 is 0.947 bits per heavy atom. The summed E-state index contributed by atoms with van der Waals surface area (Å²) in [6.45, 7) is 0.358. The van der Waals surface area contributed by atoms with E-state index in [0.29, 0.717) is 18.5 Å². The van der Waals surface area contributed by atoms with E-state index in [4.69, 9.17) is 10.8 Å². The average molecular weight is 544 g/mol. The molecule has 3 rings (SSSR count). The Hall–Kier alpha value is -3.96. The van der Waals surface area contributed by atoms with Crippen molar-refractivity contribution >= 4 is 27.6 Å². The van der Waals surface area contributed by atoms with E-state index >= 15 is 0 Å². The Morgan fingerprint density at radius 2 is 1.61 bits per heavy atom. The van der Waals surface area contributed by atoms with Gasteiger partial charge in [0.25, 0.3) is 0 Å². The van der Waals surface area contributed by atoms with Crippen LogP contribution in [0.4, 0.5) is 10.1 Å². The zero-order chi connectivity index (χ0) is 27.5. The molecule has 202 valence electrons. The van der Waals surface area contributed by atoms with E-state index in [-0.39, 0.29) is 22.8 Å². The molecule has 5 N–H and O–H groups in total. The summed E-state index contributed by atoms with van der Waals surface area (Å²) in [5, 5.41) is 11.5. The van der Waals surface area contributed by atoms with Crippen molar-refractivity contribution in [1.29, 1.82) is 0 Å². The molecule has 0 spiro atoms. The highest BCUT2D eigenvalue weighted by Crippen LogP contribution is 2.25. The molecule has 0 bridgehead atoms. The summed E-state index contributed by atoms with van der Waals surface area (Å²) >= 11 is 0. The van der Waals surface area contributed by atoms with Crippen LogP contribution in [-0.2, 0) is 32.5 Å². The van der Waals surface area contributed by atoms with Crippen molar-refractivity contribution in [2.45, 2.75) is 43.0 Å². The first-order valence-corrected chi connectivity index (χ1v) is 13.4. The highest BCUT2D eigenvalue weighted by molar-refractivity contribution is 7.89. The molecule has 0 heterocycles. The van der Waals surface area contributed by atoms with Crippen molar-refractivity contribution in [2.75, 3.05) is 12.3 Å². The molecule has 11 heteroatoms. The number of unbranched alkanes of at least 4 members (excludes halogenated alkanes) is 1. The Bertz CT molecular complexity index is 1320. The summed E-state index contributed by atoms with van der Waals surface area (Å²) in [5.41, 5.74) is 7.47. The van der Waals surface area contributed by atoms with Crippen LogP contribution < -0.4 is 20.5 Å². The standard InChI is InChI=1S/C27H30FN3O6S/c28-25(27(33)34)37-24-15-14-20(17-22(24)29)18-23(31-38(35,36)21-12-5-2-6-13-21)26(32)30-16-8-7-11-19-9-3-1-4-10-19/h1-6,9-10,12-15,17,23,25,31H,7-8,11,16,18,29H2,(H,30,32)(H,33,34)/t23-,25?/m0/s1. The van der Waals surface area contributed by atoms with Gasteiger partial charge in [-0.15, -0.1) is 0 Å². The van der Waals surface area contributed by atoms with E-state index in [1.807, 2.05) is 30.3 Å². The summed E-state index contributed by atoms with van der Waals surface area (Å²) in [7, 11) is -4.02. The number of nitrogens with one attached hydrogen (secondary N) is 2. The third-order valence-corrected chi connectivity index (χ3v) is 7.13. The molecule has 0 aliphatic rings. The van der Waals surface area contributed by atoms with Gasteiger partial charge in [-0.2, -0.15) is 9.11 Å². The molecule has 0 aromatic heterocycles. The van der Waals surface area contributed by atoms with Gasteiger partial charge in [-0.1, -0.05) is 54.6 Å². The van der Waals surface area contributed by atoms with Crippen molar-refractivity contribution in [3.63, 3.8) is 0 Å². The number of anilines is 1. The van der Waals surface area contributed by atoms with Gasteiger partial charge in [-0.05, 0) is 61.1 Å². The van der Waals surface area contributed by atoms with Crippen LogP contribution in [0.15, 0.2) is 83.8 Å². The minimum atomic E-state index is -4.02. The third kappa shape index (κ3) is 8.56. The van der Waals surface area contributed by atoms with Gasteiger partial charge in [0.15, 0.2) is 0 Å². The van der Waals surface area contributed by atoms with Gasteiger partial charge in [0, 0.05) is 6.54 Å². The van der Waals surface area contributed by atoms with Crippen LogP contribution in [0, 0.1) is 0 Å². The van der Waals surface area contributed by atoms with Gasteiger partial charge in [0.1, 0.15) is 11.8 Å². The molecule has 0 aliphatic heterocycles. The number of nitrogens with two attached hydrogens (primary N) is 1. The lowest BCUT2D eigenvalue weighted by atomic mass is 10.0. The van der Waals surface area contributed by atoms with Crippen LogP contribution in [0.5, 0.6) is 5.75 Å². The maximum absolute atomic E-state index is 13.4. The number of aliphatic carboxylic acids is 1. The van der Waals surface area contributed by atoms with Gasteiger partial charge in [0.2, 0.25) is 15.9 Å². The summed E-state index contributed by atoms with van der Waals surface area (Å²) in [6, 6.07) is 20.5. The van der Waals surface area contributed by atoms with Gasteiger partial charge in [0.05, 0.1) is 10.6 Å². The minimum Gasteiger partial charge on any atom is -0.476 e. The summed E-state index contributed by atoms with van der Waals surface area (Å²) in [5.74, 6) is -2.50. The molecule has 0 aliphatic carbocycles. The van der Waals surface area contributed by atoms with E-state index in [9.17, 15) is 22.4 Å². The Morgan fingerprint density at radius 3 is 2.24 bits per heavy atom. The maximum Gasteiger partial charge on any atom is 0.378 e. The number of carbonyl (C=O) groups is 2. The Kier molecular flexibility index (Phi) is 10.2. The number of amides is 1. The van der Waals surface area contributed by atoms with E-state index < -0.39 is 34.3 Å².